The van der Waals surface area contributed by atoms with Gasteiger partial charge in [0.1, 0.15) is 11.9 Å². The van der Waals surface area contributed by atoms with Crippen LogP contribution >= 0.6 is 0 Å². The summed E-state index contributed by atoms with van der Waals surface area (Å²) in [5.41, 5.74) is 1.41. The van der Waals surface area contributed by atoms with E-state index < -0.39 is 18.0 Å². The van der Waals surface area contributed by atoms with Crippen LogP contribution in [0, 0.1) is 5.82 Å². The normalized spacial score (nSPS) is 19.6. The van der Waals surface area contributed by atoms with Crippen molar-refractivity contribution in [3.8, 4) is 0 Å². The summed E-state index contributed by atoms with van der Waals surface area (Å²) in [5, 5.41) is 7.73. The van der Waals surface area contributed by atoms with Crippen molar-refractivity contribution in [2.45, 2.75) is 25.0 Å². The molecule has 2 N–H and O–H groups in total. The number of fused-ring (bicyclic) bond motifs is 1. The van der Waals surface area contributed by atoms with Gasteiger partial charge in [0, 0.05) is 37.1 Å². The molecule has 2 aliphatic rings. The molecule has 0 saturated carbocycles. The molecule has 0 aromatic heterocycles. The third kappa shape index (κ3) is 5.63. The summed E-state index contributed by atoms with van der Waals surface area (Å²) in [6, 6.07) is 17.7. The van der Waals surface area contributed by atoms with Crippen LogP contribution in [-0.2, 0) is 14.3 Å². The number of cyclic esters (lactones) is 1. The van der Waals surface area contributed by atoms with Crippen molar-refractivity contribution in [1.82, 2.24) is 10.6 Å². The second-order valence-corrected chi connectivity index (χ2v) is 9.14. The quantitative estimate of drug-likeness (QED) is 0.453. The zero-order chi connectivity index (χ0) is 25.8. The lowest BCUT2D eigenvalue weighted by atomic mass is 9.99. The van der Waals surface area contributed by atoms with Gasteiger partial charge in [-0.3, -0.25) is 14.5 Å². The molecule has 3 aromatic carbocycles. The van der Waals surface area contributed by atoms with Crippen LogP contribution in [0.15, 0.2) is 60.7 Å². The molecule has 3 aromatic rings. The average molecular weight is 506 g/mol. The van der Waals surface area contributed by atoms with Crippen molar-refractivity contribution in [2.75, 3.05) is 37.7 Å². The highest BCUT2D eigenvalue weighted by Gasteiger charge is 2.33. The number of hydrogen-bond acceptors (Lipinski definition) is 6. The van der Waals surface area contributed by atoms with E-state index in [1.165, 1.54) is 11.0 Å². The first-order valence-corrected chi connectivity index (χ1v) is 12.4. The van der Waals surface area contributed by atoms with E-state index in [1.807, 2.05) is 36.4 Å². The second kappa shape index (κ2) is 11.1. The fourth-order valence-corrected chi connectivity index (χ4v) is 4.70. The van der Waals surface area contributed by atoms with Crippen LogP contribution in [0.4, 0.5) is 14.9 Å². The van der Waals surface area contributed by atoms with Gasteiger partial charge in [-0.1, -0.05) is 48.5 Å². The van der Waals surface area contributed by atoms with E-state index in [4.69, 9.17) is 9.47 Å². The molecule has 0 aliphatic carbocycles. The number of morpholine rings is 1. The lowest BCUT2D eigenvalue weighted by Crippen LogP contribution is -2.35. The molecule has 9 heteroatoms. The number of nitrogens with zero attached hydrogens (tertiary/aromatic N) is 1. The van der Waals surface area contributed by atoms with Gasteiger partial charge in [0.25, 0.3) is 0 Å². The third-order valence-electron chi connectivity index (χ3n) is 6.64. The zero-order valence-electron chi connectivity index (χ0n) is 20.2. The van der Waals surface area contributed by atoms with Crippen molar-refractivity contribution < 1.29 is 28.2 Å². The maximum atomic E-state index is 14.8. The van der Waals surface area contributed by atoms with Crippen molar-refractivity contribution in [2.24, 2.45) is 0 Å². The summed E-state index contributed by atoms with van der Waals surface area (Å²) < 4.78 is 25.7. The van der Waals surface area contributed by atoms with Gasteiger partial charge >= 0.3 is 6.09 Å². The van der Waals surface area contributed by atoms with E-state index in [9.17, 15) is 18.8 Å². The van der Waals surface area contributed by atoms with Crippen molar-refractivity contribution >= 4 is 34.2 Å². The van der Waals surface area contributed by atoms with Crippen LogP contribution in [-0.4, -0.2) is 56.7 Å². The van der Waals surface area contributed by atoms with Gasteiger partial charge in [-0.25, -0.2) is 9.18 Å². The van der Waals surface area contributed by atoms with Gasteiger partial charge in [0.15, 0.2) is 5.78 Å². The highest BCUT2D eigenvalue weighted by molar-refractivity contribution is 6.08. The largest absolute Gasteiger partial charge is 0.442 e. The van der Waals surface area contributed by atoms with E-state index in [0.29, 0.717) is 30.0 Å². The smallest absolute Gasteiger partial charge is 0.414 e. The minimum absolute atomic E-state index is 0.0250. The van der Waals surface area contributed by atoms with E-state index in [2.05, 4.69) is 10.6 Å². The molecular weight excluding hydrogens is 477 g/mol. The summed E-state index contributed by atoms with van der Waals surface area (Å²) in [4.78, 5) is 38.8. The molecule has 0 bridgehead atoms. The second-order valence-electron chi connectivity index (χ2n) is 9.14. The topological polar surface area (TPSA) is 97.0 Å². The SMILES string of the molecule is O=C(CCC(=O)c1cccc2ccccc12)NCC1CN(c2ccc(C3CNCCO3)c(F)c2)C(=O)O1. The molecule has 2 fully saturated rings. The molecule has 2 saturated heterocycles. The molecule has 8 nitrogen and oxygen atoms in total. The summed E-state index contributed by atoms with van der Waals surface area (Å²) >= 11 is 0. The van der Waals surface area contributed by atoms with Gasteiger partial charge < -0.3 is 20.1 Å². The van der Waals surface area contributed by atoms with Crippen molar-refractivity contribution in [3.05, 3.63) is 77.6 Å². The molecule has 2 unspecified atom stereocenters. The van der Waals surface area contributed by atoms with E-state index in [1.54, 1.807) is 18.2 Å². The Bertz CT molecular complexity index is 1320. The number of ketones is 1. The molecule has 37 heavy (non-hydrogen) atoms. The minimum Gasteiger partial charge on any atom is -0.442 e. The van der Waals surface area contributed by atoms with Crippen molar-refractivity contribution in [1.29, 1.82) is 0 Å². The number of rotatable bonds is 8. The molecular formula is C28H28FN3O5. The molecule has 2 aliphatic heterocycles. The first-order chi connectivity index (χ1) is 18.0. The lowest BCUT2D eigenvalue weighted by molar-refractivity contribution is -0.121. The molecule has 0 spiro atoms. The van der Waals surface area contributed by atoms with Crippen molar-refractivity contribution in [3.63, 3.8) is 0 Å². The molecule has 5 rings (SSSR count). The minimum atomic E-state index is -0.604. The standard InChI is InChI=1S/C28H28FN3O5/c29-24-14-19(8-9-23(24)26-16-30-12-13-36-26)32-17-20(37-28(32)35)15-31-27(34)11-10-25(33)22-7-3-5-18-4-1-2-6-21(18)22/h1-9,14,20,26,30H,10-13,15-17H2,(H,31,34). The van der Waals surface area contributed by atoms with Crippen LogP contribution in [0.1, 0.15) is 34.9 Å². The van der Waals surface area contributed by atoms with Crippen LogP contribution < -0.4 is 15.5 Å². The highest BCUT2D eigenvalue weighted by Crippen LogP contribution is 2.28. The Balaban J connectivity index is 1.12. The predicted octanol–water partition coefficient (Wildman–Crippen LogP) is 3.74. The van der Waals surface area contributed by atoms with Crippen LogP contribution in [0.3, 0.4) is 0 Å². The third-order valence-corrected chi connectivity index (χ3v) is 6.64. The van der Waals surface area contributed by atoms with Gasteiger partial charge in [-0.2, -0.15) is 0 Å². The maximum absolute atomic E-state index is 14.8. The number of Topliss-reactive ketones (excluding diaryl/α,β-unsaturated/α-hetero) is 1. The fourth-order valence-electron chi connectivity index (χ4n) is 4.70. The van der Waals surface area contributed by atoms with Gasteiger partial charge in [0.2, 0.25) is 5.91 Å². The summed E-state index contributed by atoms with van der Waals surface area (Å²) in [6.45, 7) is 2.04. The Morgan fingerprint density at radius 3 is 2.73 bits per heavy atom. The molecule has 2 atom stereocenters. The number of anilines is 1. The van der Waals surface area contributed by atoms with Gasteiger partial charge in [-0.05, 0) is 22.9 Å². The lowest BCUT2D eigenvalue weighted by Gasteiger charge is -2.25. The van der Waals surface area contributed by atoms with Gasteiger partial charge in [-0.15, -0.1) is 0 Å². The monoisotopic (exact) mass is 505 g/mol. The average Bonchev–Trinajstić information content (AvgIpc) is 3.31. The molecule has 2 heterocycles. The Morgan fingerprint density at radius 2 is 1.92 bits per heavy atom. The van der Waals surface area contributed by atoms with Crippen LogP contribution in [0.5, 0.6) is 0 Å². The van der Waals surface area contributed by atoms with E-state index in [-0.39, 0.29) is 43.7 Å². The Morgan fingerprint density at radius 1 is 1.08 bits per heavy atom. The Hall–Kier alpha value is -3.82. The number of halogens is 1. The van der Waals surface area contributed by atoms with Crippen LogP contribution in [0.25, 0.3) is 10.8 Å². The van der Waals surface area contributed by atoms with Crippen LogP contribution in [0.2, 0.25) is 0 Å². The summed E-state index contributed by atoms with van der Waals surface area (Å²) in [5.74, 6) is -0.864. The number of benzene rings is 3. The zero-order valence-corrected chi connectivity index (χ0v) is 20.2. The summed E-state index contributed by atoms with van der Waals surface area (Å²) in [7, 11) is 0. The number of amides is 2. The number of hydrogen-bond donors (Lipinski definition) is 2. The predicted molar refractivity (Wildman–Crippen MR) is 136 cm³/mol. The van der Waals surface area contributed by atoms with E-state index >= 15 is 0 Å². The molecule has 0 radical (unpaired) electrons. The first kappa shape index (κ1) is 24.9. The van der Waals surface area contributed by atoms with Gasteiger partial charge in [0.05, 0.1) is 31.5 Å². The fraction of sp³-hybridized carbons (Fsp3) is 0.321. The highest BCUT2D eigenvalue weighted by atomic mass is 19.1. The first-order valence-electron chi connectivity index (χ1n) is 12.4. The number of carbonyl (C=O) groups excluding carboxylic acids is 3. The number of nitrogens with one attached hydrogen (secondary N) is 2. The number of ether oxygens (including phenoxy) is 2. The molecule has 2 amide bonds. The number of carbonyl (C=O) groups is 3. The molecule has 192 valence electrons. The summed E-state index contributed by atoms with van der Waals surface area (Å²) in [6.07, 6.45) is -1.46. The Labute approximate surface area is 213 Å². The van der Waals surface area contributed by atoms with E-state index in [0.717, 1.165) is 17.3 Å². The Kier molecular flexibility index (Phi) is 7.43. The maximum Gasteiger partial charge on any atom is 0.414 e.